The van der Waals surface area contributed by atoms with E-state index in [0.29, 0.717) is 23.7 Å². The molecule has 3 rings (SSSR count). The maximum Gasteiger partial charge on any atom is 0.287 e. The van der Waals surface area contributed by atoms with Gasteiger partial charge in [0.2, 0.25) is 0 Å². The number of aryl methyl sites for hydroxylation is 1. The molecule has 2 aromatic rings. The van der Waals surface area contributed by atoms with Crippen LogP contribution in [-0.4, -0.2) is 18.6 Å². The lowest BCUT2D eigenvalue weighted by molar-refractivity contribution is 0.0608. The van der Waals surface area contributed by atoms with E-state index < -0.39 is 11.5 Å². The number of carbonyl (C=O) groups excluding carboxylic acids is 1. The third kappa shape index (κ3) is 3.68. The molecule has 2 heterocycles. The molecule has 0 aliphatic carbocycles. The average molecular weight is 343 g/mol. The molecule has 0 spiro atoms. The number of carbonyl (C=O) groups is 1. The van der Waals surface area contributed by atoms with Crippen molar-refractivity contribution in [2.24, 2.45) is 0 Å². The van der Waals surface area contributed by atoms with Crippen LogP contribution in [0.15, 0.2) is 39.5 Å². The monoisotopic (exact) mass is 343 g/mol. The molecular weight excluding hydrogens is 322 g/mol. The summed E-state index contributed by atoms with van der Waals surface area (Å²) in [7, 11) is 1.59. The number of hydrogen-bond donors (Lipinski definition) is 1. The van der Waals surface area contributed by atoms with E-state index in [1.54, 1.807) is 14.0 Å². The van der Waals surface area contributed by atoms with Crippen LogP contribution in [0, 0.1) is 6.92 Å². The summed E-state index contributed by atoms with van der Waals surface area (Å²) in [4.78, 5) is 24.2. The molecule has 1 N–H and O–H groups in total. The van der Waals surface area contributed by atoms with Gasteiger partial charge in [0.1, 0.15) is 22.9 Å². The molecule has 1 aromatic carbocycles. The fraction of sp³-hybridized carbons (Fsp3) is 0.368. The fourth-order valence-corrected chi connectivity index (χ4v) is 3.03. The SMILES string of the molecule is COc1ccc2c(c1)OC(C)(C)C[C@H]2NC(=O)c1cc(=O)cc(C)o1. The molecule has 1 aliphatic heterocycles. The second-order valence-electron chi connectivity index (χ2n) is 6.76. The van der Waals surface area contributed by atoms with Crippen LogP contribution in [-0.2, 0) is 0 Å². The van der Waals surface area contributed by atoms with Crippen LogP contribution in [0.25, 0.3) is 0 Å². The van der Waals surface area contributed by atoms with Gasteiger partial charge in [0.15, 0.2) is 11.2 Å². The molecule has 132 valence electrons. The number of nitrogens with one attached hydrogen (secondary N) is 1. The molecule has 0 radical (unpaired) electrons. The van der Waals surface area contributed by atoms with Gasteiger partial charge in [0, 0.05) is 30.2 Å². The van der Waals surface area contributed by atoms with E-state index in [4.69, 9.17) is 13.9 Å². The van der Waals surface area contributed by atoms with Gasteiger partial charge in [-0.05, 0) is 32.9 Å². The molecule has 0 saturated heterocycles. The molecule has 1 aromatic heterocycles. The normalized spacial score (nSPS) is 18.0. The maximum absolute atomic E-state index is 12.6. The van der Waals surface area contributed by atoms with Crippen molar-refractivity contribution in [2.75, 3.05) is 7.11 Å². The minimum absolute atomic E-state index is 0.00404. The second kappa shape index (κ2) is 6.27. The van der Waals surface area contributed by atoms with Gasteiger partial charge in [-0.2, -0.15) is 0 Å². The summed E-state index contributed by atoms with van der Waals surface area (Å²) in [6, 6.07) is 7.79. The lowest BCUT2D eigenvalue weighted by Crippen LogP contribution is -2.41. The van der Waals surface area contributed by atoms with Crippen molar-refractivity contribution in [2.45, 2.75) is 38.8 Å². The van der Waals surface area contributed by atoms with E-state index in [1.807, 2.05) is 32.0 Å². The van der Waals surface area contributed by atoms with Crippen LogP contribution in [0.1, 0.15) is 48.2 Å². The topological polar surface area (TPSA) is 77.8 Å². The number of rotatable bonds is 3. The van der Waals surface area contributed by atoms with Crippen LogP contribution in [0.2, 0.25) is 0 Å². The molecule has 25 heavy (non-hydrogen) atoms. The first kappa shape index (κ1) is 17.1. The highest BCUT2D eigenvalue weighted by atomic mass is 16.5. The van der Waals surface area contributed by atoms with E-state index in [0.717, 1.165) is 5.56 Å². The Hall–Kier alpha value is -2.76. The number of amides is 1. The van der Waals surface area contributed by atoms with Crippen molar-refractivity contribution in [3.05, 3.63) is 57.6 Å². The second-order valence-corrected chi connectivity index (χ2v) is 6.76. The summed E-state index contributed by atoms with van der Waals surface area (Å²) in [6.45, 7) is 5.56. The number of fused-ring (bicyclic) bond motifs is 1. The van der Waals surface area contributed by atoms with Crippen LogP contribution >= 0.6 is 0 Å². The van der Waals surface area contributed by atoms with Crippen molar-refractivity contribution in [3.8, 4) is 11.5 Å². The Kier molecular flexibility index (Phi) is 4.29. The van der Waals surface area contributed by atoms with Crippen LogP contribution < -0.4 is 20.2 Å². The van der Waals surface area contributed by atoms with Gasteiger partial charge >= 0.3 is 0 Å². The number of benzene rings is 1. The summed E-state index contributed by atoms with van der Waals surface area (Å²) in [5.41, 5.74) is 0.153. The molecule has 0 bridgehead atoms. The van der Waals surface area contributed by atoms with E-state index >= 15 is 0 Å². The Morgan fingerprint density at radius 1 is 1.28 bits per heavy atom. The molecule has 6 nitrogen and oxygen atoms in total. The number of methoxy groups -OCH3 is 1. The van der Waals surface area contributed by atoms with Crippen molar-refractivity contribution in [1.29, 1.82) is 0 Å². The summed E-state index contributed by atoms with van der Waals surface area (Å²) >= 11 is 0. The van der Waals surface area contributed by atoms with Gasteiger partial charge < -0.3 is 19.2 Å². The summed E-state index contributed by atoms with van der Waals surface area (Å²) < 4.78 is 16.6. The van der Waals surface area contributed by atoms with Gasteiger partial charge in [-0.15, -0.1) is 0 Å². The largest absolute Gasteiger partial charge is 0.497 e. The van der Waals surface area contributed by atoms with Crippen molar-refractivity contribution in [3.63, 3.8) is 0 Å². The molecule has 1 atom stereocenters. The van der Waals surface area contributed by atoms with Gasteiger partial charge in [0.05, 0.1) is 13.2 Å². The standard InChI is InChI=1S/C19H21NO5/c1-11-7-12(21)8-17(24-11)18(22)20-15-10-19(2,3)25-16-9-13(23-4)5-6-14(15)16/h5-9,15H,10H2,1-4H3,(H,20,22)/t15-/m1/s1. The molecule has 0 fully saturated rings. The van der Waals surface area contributed by atoms with E-state index in [-0.39, 0.29) is 17.2 Å². The Morgan fingerprint density at radius 3 is 2.72 bits per heavy atom. The van der Waals surface area contributed by atoms with Gasteiger partial charge in [-0.1, -0.05) is 0 Å². The first-order chi connectivity index (χ1) is 11.8. The predicted octanol–water partition coefficient (Wildman–Crippen LogP) is 2.99. The van der Waals surface area contributed by atoms with Gasteiger partial charge in [0.25, 0.3) is 5.91 Å². The summed E-state index contributed by atoms with van der Waals surface area (Å²) in [6.07, 6.45) is 0.591. The van der Waals surface area contributed by atoms with Crippen molar-refractivity contribution >= 4 is 5.91 Å². The Balaban J connectivity index is 1.92. The van der Waals surface area contributed by atoms with Crippen LogP contribution in [0.5, 0.6) is 11.5 Å². The third-order valence-electron chi connectivity index (χ3n) is 4.10. The summed E-state index contributed by atoms with van der Waals surface area (Å²) in [5.74, 6) is 1.34. The van der Waals surface area contributed by atoms with Gasteiger partial charge in [-0.25, -0.2) is 0 Å². The first-order valence-corrected chi connectivity index (χ1v) is 8.07. The minimum atomic E-state index is -0.454. The highest BCUT2D eigenvalue weighted by Gasteiger charge is 2.35. The molecule has 1 amide bonds. The van der Waals surface area contributed by atoms with Crippen LogP contribution in [0.4, 0.5) is 0 Å². The molecule has 6 heteroatoms. The van der Waals surface area contributed by atoms with Crippen molar-refractivity contribution < 1.29 is 18.7 Å². The molecular formula is C19H21NO5. The lowest BCUT2D eigenvalue weighted by Gasteiger charge is -2.38. The third-order valence-corrected chi connectivity index (χ3v) is 4.10. The average Bonchev–Trinajstić information content (AvgIpc) is 2.52. The maximum atomic E-state index is 12.6. The van der Waals surface area contributed by atoms with Crippen molar-refractivity contribution in [1.82, 2.24) is 5.32 Å². The molecule has 1 aliphatic rings. The zero-order valence-electron chi connectivity index (χ0n) is 14.7. The molecule has 0 saturated carbocycles. The zero-order valence-corrected chi connectivity index (χ0v) is 14.7. The Morgan fingerprint density at radius 2 is 2.04 bits per heavy atom. The van der Waals surface area contributed by atoms with E-state index in [2.05, 4.69) is 5.32 Å². The number of hydrogen-bond acceptors (Lipinski definition) is 5. The Labute approximate surface area is 145 Å². The number of ether oxygens (including phenoxy) is 2. The lowest BCUT2D eigenvalue weighted by atomic mass is 9.89. The van der Waals surface area contributed by atoms with Crippen LogP contribution in [0.3, 0.4) is 0 Å². The van der Waals surface area contributed by atoms with E-state index in [1.165, 1.54) is 12.1 Å². The van der Waals surface area contributed by atoms with E-state index in [9.17, 15) is 9.59 Å². The highest BCUT2D eigenvalue weighted by Crippen LogP contribution is 2.41. The quantitative estimate of drug-likeness (QED) is 0.927. The smallest absolute Gasteiger partial charge is 0.287 e. The molecule has 0 unspecified atom stereocenters. The van der Waals surface area contributed by atoms with Gasteiger partial charge in [-0.3, -0.25) is 9.59 Å². The summed E-state index contributed by atoms with van der Waals surface area (Å²) in [5, 5.41) is 2.95. The zero-order chi connectivity index (χ0) is 18.2. The highest BCUT2D eigenvalue weighted by molar-refractivity contribution is 5.91. The predicted molar refractivity (Wildman–Crippen MR) is 92.2 cm³/mol. The fourth-order valence-electron chi connectivity index (χ4n) is 3.03. The Bertz CT molecular complexity index is 868. The minimum Gasteiger partial charge on any atom is -0.497 e. The first-order valence-electron chi connectivity index (χ1n) is 8.07.